The number of nitriles is 1. The van der Waals surface area contributed by atoms with E-state index in [0.29, 0.717) is 20.4 Å². The zero-order chi connectivity index (χ0) is 16.4. The van der Waals surface area contributed by atoms with Gasteiger partial charge in [0.1, 0.15) is 0 Å². The number of nitrogens with zero attached hydrogens (tertiary/aromatic N) is 2. The first-order chi connectivity index (χ1) is 11.1. The lowest BCUT2D eigenvalue weighted by Crippen LogP contribution is -2.27. The Morgan fingerprint density at radius 2 is 2.00 bits per heavy atom. The molecule has 1 aromatic carbocycles. The van der Waals surface area contributed by atoms with E-state index in [1.165, 1.54) is 11.3 Å². The maximum Gasteiger partial charge on any atom is 0.293 e. The zero-order valence-corrected chi connectivity index (χ0v) is 14.0. The number of imide groups is 1. The van der Waals surface area contributed by atoms with Gasteiger partial charge in [0.15, 0.2) is 0 Å². The Balaban J connectivity index is 1.85. The number of hydrogen-bond acceptors (Lipinski definition) is 5. The second-order valence-corrected chi connectivity index (χ2v) is 7.42. The highest BCUT2D eigenvalue weighted by Crippen LogP contribution is 2.35. The Labute approximate surface area is 146 Å². The summed E-state index contributed by atoms with van der Waals surface area (Å²) in [6, 6.07) is 12.5. The van der Waals surface area contributed by atoms with E-state index in [4.69, 9.17) is 16.9 Å². The molecule has 0 bridgehead atoms. The summed E-state index contributed by atoms with van der Waals surface area (Å²) >= 11 is 8.11. The van der Waals surface area contributed by atoms with Gasteiger partial charge in [-0.25, -0.2) is 0 Å². The molecule has 0 spiro atoms. The highest BCUT2D eigenvalue weighted by Gasteiger charge is 2.35. The number of thioether (sulfide) groups is 1. The van der Waals surface area contributed by atoms with Crippen LogP contribution in [0.15, 0.2) is 41.3 Å². The molecule has 114 valence electrons. The lowest BCUT2D eigenvalue weighted by molar-refractivity contribution is -0.123. The van der Waals surface area contributed by atoms with Crippen LogP contribution in [0.4, 0.5) is 4.79 Å². The number of thiophene rings is 1. The molecule has 1 saturated heterocycles. The first-order valence-electron chi connectivity index (χ1n) is 6.57. The molecule has 0 N–H and O–H groups in total. The van der Waals surface area contributed by atoms with Crippen LogP contribution in [-0.2, 0) is 11.3 Å². The predicted octanol–water partition coefficient (Wildman–Crippen LogP) is 4.51. The Hall–Kier alpha value is -2.07. The van der Waals surface area contributed by atoms with Gasteiger partial charge >= 0.3 is 0 Å². The second kappa shape index (κ2) is 6.59. The van der Waals surface area contributed by atoms with E-state index in [1.807, 2.05) is 0 Å². The average molecular weight is 361 g/mol. The van der Waals surface area contributed by atoms with E-state index in [-0.39, 0.29) is 17.7 Å². The lowest BCUT2D eigenvalue weighted by atomic mass is 10.1. The molecule has 2 heterocycles. The second-order valence-electron chi connectivity index (χ2n) is 4.68. The zero-order valence-electron chi connectivity index (χ0n) is 11.7. The van der Waals surface area contributed by atoms with Gasteiger partial charge in [0.25, 0.3) is 11.1 Å². The fraction of sp³-hybridized carbons (Fsp3) is 0.0625. The number of benzene rings is 1. The van der Waals surface area contributed by atoms with Crippen LogP contribution in [0, 0.1) is 11.3 Å². The summed E-state index contributed by atoms with van der Waals surface area (Å²) in [6.07, 6.45) is 1.66. The summed E-state index contributed by atoms with van der Waals surface area (Å²) in [4.78, 5) is 26.9. The van der Waals surface area contributed by atoms with Crippen molar-refractivity contribution in [3.8, 4) is 6.07 Å². The van der Waals surface area contributed by atoms with Gasteiger partial charge in [0, 0.05) is 4.88 Å². The third kappa shape index (κ3) is 3.32. The largest absolute Gasteiger partial charge is 0.293 e. The fourth-order valence-electron chi connectivity index (χ4n) is 2.11. The highest BCUT2D eigenvalue weighted by atomic mass is 35.5. The van der Waals surface area contributed by atoms with Crippen LogP contribution >= 0.6 is 34.7 Å². The summed E-state index contributed by atoms with van der Waals surface area (Å²) in [5, 5.41) is 8.77. The molecule has 1 aliphatic rings. The number of carbonyl (C=O) groups is 2. The molecule has 2 amide bonds. The molecule has 1 aliphatic heterocycles. The SMILES string of the molecule is N#Cc1ccccc1CN1C(=O)SC(=Cc2ccc(Cl)s2)C1=O. The standard InChI is InChI=1S/C16H9ClN2O2S2/c17-14-6-5-12(22-14)7-13-15(20)19(16(21)23-13)9-11-4-2-1-3-10(11)8-18/h1-7H,9H2. The van der Waals surface area contributed by atoms with Crippen LogP contribution in [0.3, 0.4) is 0 Å². The summed E-state index contributed by atoms with van der Waals surface area (Å²) in [7, 11) is 0. The monoisotopic (exact) mass is 360 g/mol. The Morgan fingerprint density at radius 1 is 1.22 bits per heavy atom. The van der Waals surface area contributed by atoms with E-state index >= 15 is 0 Å². The van der Waals surface area contributed by atoms with Crippen molar-refractivity contribution in [2.45, 2.75) is 6.54 Å². The van der Waals surface area contributed by atoms with Crippen LogP contribution in [0.1, 0.15) is 16.0 Å². The van der Waals surface area contributed by atoms with Gasteiger partial charge in [-0.1, -0.05) is 29.8 Å². The Bertz CT molecular complexity index is 867. The molecule has 0 unspecified atom stereocenters. The topological polar surface area (TPSA) is 61.2 Å². The van der Waals surface area contributed by atoms with Gasteiger partial charge in [-0.2, -0.15) is 5.26 Å². The first-order valence-corrected chi connectivity index (χ1v) is 8.58. The molecule has 3 rings (SSSR count). The summed E-state index contributed by atoms with van der Waals surface area (Å²) in [5.74, 6) is -0.350. The molecule has 2 aromatic rings. The van der Waals surface area contributed by atoms with Crippen molar-refractivity contribution < 1.29 is 9.59 Å². The van der Waals surface area contributed by atoms with E-state index in [0.717, 1.165) is 21.5 Å². The van der Waals surface area contributed by atoms with Gasteiger partial charge in [-0.05, 0) is 41.6 Å². The quantitative estimate of drug-likeness (QED) is 0.755. The lowest BCUT2D eigenvalue weighted by Gasteiger charge is -2.13. The van der Waals surface area contributed by atoms with Gasteiger partial charge in [-0.3, -0.25) is 14.5 Å². The minimum Gasteiger partial charge on any atom is -0.268 e. The molecular formula is C16H9ClN2O2S2. The van der Waals surface area contributed by atoms with Crippen molar-refractivity contribution in [3.05, 3.63) is 61.6 Å². The maximum atomic E-state index is 12.4. The molecule has 0 atom stereocenters. The first kappa shape index (κ1) is 15.8. The number of rotatable bonds is 3. The van der Waals surface area contributed by atoms with E-state index in [1.54, 1.807) is 42.5 Å². The number of halogens is 1. The van der Waals surface area contributed by atoms with Crippen molar-refractivity contribution in [1.82, 2.24) is 4.90 Å². The van der Waals surface area contributed by atoms with Gasteiger partial charge in [-0.15, -0.1) is 11.3 Å². The van der Waals surface area contributed by atoms with Crippen LogP contribution in [0.25, 0.3) is 6.08 Å². The number of amides is 2. The summed E-state index contributed by atoms with van der Waals surface area (Å²) in [6.45, 7) is 0.0942. The third-order valence-electron chi connectivity index (χ3n) is 3.21. The maximum absolute atomic E-state index is 12.4. The van der Waals surface area contributed by atoms with Crippen molar-refractivity contribution in [2.24, 2.45) is 0 Å². The van der Waals surface area contributed by atoms with Crippen molar-refractivity contribution in [3.63, 3.8) is 0 Å². The number of hydrogen-bond donors (Lipinski definition) is 0. The van der Waals surface area contributed by atoms with E-state index in [2.05, 4.69) is 6.07 Å². The highest BCUT2D eigenvalue weighted by molar-refractivity contribution is 8.18. The summed E-state index contributed by atoms with van der Waals surface area (Å²) < 4.78 is 0.624. The van der Waals surface area contributed by atoms with Gasteiger partial charge < -0.3 is 0 Å². The fourth-order valence-corrected chi connectivity index (χ4v) is 4.02. The van der Waals surface area contributed by atoms with Crippen LogP contribution < -0.4 is 0 Å². The van der Waals surface area contributed by atoms with Crippen molar-refractivity contribution >= 4 is 51.9 Å². The predicted molar refractivity (Wildman–Crippen MR) is 92.0 cm³/mol. The van der Waals surface area contributed by atoms with Crippen LogP contribution in [0.2, 0.25) is 4.34 Å². The average Bonchev–Trinajstić information content (AvgIpc) is 3.06. The van der Waals surface area contributed by atoms with Crippen molar-refractivity contribution in [2.75, 3.05) is 0 Å². The molecule has 0 aliphatic carbocycles. The van der Waals surface area contributed by atoms with Gasteiger partial charge in [0.2, 0.25) is 0 Å². The molecule has 23 heavy (non-hydrogen) atoms. The minimum absolute atomic E-state index is 0.0942. The van der Waals surface area contributed by atoms with Crippen LogP contribution in [-0.4, -0.2) is 16.0 Å². The molecule has 0 radical (unpaired) electrons. The third-order valence-corrected chi connectivity index (χ3v) is 5.29. The molecular weight excluding hydrogens is 352 g/mol. The van der Waals surface area contributed by atoms with E-state index < -0.39 is 0 Å². The normalized spacial score (nSPS) is 16.2. The molecule has 4 nitrogen and oxygen atoms in total. The van der Waals surface area contributed by atoms with Crippen LogP contribution in [0.5, 0.6) is 0 Å². The molecule has 1 aromatic heterocycles. The summed E-state index contributed by atoms with van der Waals surface area (Å²) in [5.41, 5.74) is 1.11. The Kier molecular flexibility index (Phi) is 4.53. The number of carbonyl (C=O) groups excluding carboxylic acids is 2. The molecule has 7 heteroatoms. The van der Waals surface area contributed by atoms with E-state index in [9.17, 15) is 9.59 Å². The molecule has 0 saturated carbocycles. The molecule has 1 fully saturated rings. The smallest absolute Gasteiger partial charge is 0.268 e. The van der Waals surface area contributed by atoms with Crippen molar-refractivity contribution in [1.29, 1.82) is 5.26 Å². The van der Waals surface area contributed by atoms with Gasteiger partial charge in [0.05, 0.1) is 27.4 Å². The Morgan fingerprint density at radius 3 is 2.70 bits per heavy atom. The minimum atomic E-state index is -0.350.